The maximum Gasteiger partial charge on any atom is 0.197 e. The second-order valence-corrected chi connectivity index (χ2v) is 6.76. The highest BCUT2D eigenvalue weighted by molar-refractivity contribution is 7.99. The quantitative estimate of drug-likeness (QED) is 0.855. The van der Waals surface area contributed by atoms with Crippen LogP contribution in [0.5, 0.6) is 0 Å². The molecule has 0 spiro atoms. The third-order valence-electron chi connectivity index (χ3n) is 3.05. The molecular formula is C13H20N6S. The minimum absolute atomic E-state index is 0.146. The van der Waals surface area contributed by atoms with Crippen LogP contribution in [0, 0.1) is 13.8 Å². The van der Waals surface area contributed by atoms with Gasteiger partial charge in [-0.1, -0.05) is 20.8 Å². The molecule has 0 saturated carbocycles. The molecule has 20 heavy (non-hydrogen) atoms. The average Bonchev–Trinajstić information content (AvgIpc) is 2.65. The van der Waals surface area contributed by atoms with Crippen molar-refractivity contribution in [3.05, 3.63) is 17.2 Å². The lowest BCUT2D eigenvalue weighted by atomic mass is 9.95. The van der Waals surface area contributed by atoms with Crippen LogP contribution in [0.3, 0.4) is 0 Å². The van der Waals surface area contributed by atoms with E-state index >= 15 is 0 Å². The van der Waals surface area contributed by atoms with Crippen LogP contribution in [0.2, 0.25) is 0 Å². The largest absolute Gasteiger partial charge is 0.383 e. The average molecular weight is 292 g/mol. The Morgan fingerprint density at radius 2 is 1.75 bits per heavy atom. The van der Waals surface area contributed by atoms with Crippen molar-refractivity contribution in [2.24, 2.45) is 7.05 Å². The summed E-state index contributed by atoms with van der Waals surface area (Å²) in [5, 5.41) is 9.83. The predicted molar refractivity (Wildman–Crippen MR) is 79.7 cm³/mol. The monoisotopic (exact) mass is 292 g/mol. The second-order valence-electron chi connectivity index (χ2n) is 5.80. The molecule has 2 rings (SSSR count). The van der Waals surface area contributed by atoms with E-state index in [9.17, 15) is 0 Å². The van der Waals surface area contributed by atoms with Crippen LogP contribution in [0.1, 0.15) is 38.0 Å². The molecule has 2 heterocycles. The van der Waals surface area contributed by atoms with Gasteiger partial charge in [0.2, 0.25) is 0 Å². The summed E-state index contributed by atoms with van der Waals surface area (Å²) in [6, 6.07) is 0. The van der Waals surface area contributed by atoms with Gasteiger partial charge in [-0.25, -0.2) is 9.97 Å². The predicted octanol–water partition coefficient (Wildman–Crippen LogP) is 2.25. The Morgan fingerprint density at radius 1 is 1.10 bits per heavy atom. The molecule has 0 bridgehead atoms. The van der Waals surface area contributed by atoms with E-state index in [2.05, 4.69) is 40.9 Å². The van der Waals surface area contributed by atoms with Crippen molar-refractivity contribution in [3.8, 4) is 0 Å². The van der Waals surface area contributed by atoms with Crippen molar-refractivity contribution >= 4 is 17.6 Å². The molecule has 0 radical (unpaired) electrons. The van der Waals surface area contributed by atoms with Crippen LogP contribution in [0.4, 0.5) is 5.82 Å². The van der Waals surface area contributed by atoms with Gasteiger partial charge in [-0.15, -0.1) is 10.2 Å². The summed E-state index contributed by atoms with van der Waals surface area (Å²) in [4.78, 5) is 9.03. The van der Waals surface area contributed by atoms with Crippen molar-refractivity contribution in [3.63, 3.8) is 0 Å². The van der Waals surface area contributed by atoms with E-state index < -0.39 is 0 Å². The Morgan fingerprint density at radius 3 is 2.25 bits per heavy atom. The third-order valence-corrected chi connectivity index (χ3v) is 4.18. The minimum Gasteiger partial charge on any atom is -0.383 e. The van der Waals surface area contributed by atoms with Crippen molar-refractivity contribution in [1.29, 1.82) is 0 Å². The summed E-state index contributed by atoms with van der Waals surface area (Å²) in [7, 11) is 1.93. The van der Waals surface area contributed by atoms with E-state index in [1.807, 2.05) is 25.5 Å². The van der Waals surface area contributed by atoms with E-state index in [-0.39, 0.29) is 5.41 Å². The highest BCUT2D eigenvalue weighted by Crippen LogP contribution is 2.31. The van der Waals surface area contributed by atoms with Crippen molar-refractivity contribution in [1.82, 2.24) is 24.7 Å². The van der Waals surface area contributed by atoms with Crippen molar-refractivity contribution < 1.29 is 0 Å². The molecule has 0 aromatic carbocycles. The van der Waals surface area contributed by atoms with Crippen molar-refractivity contribution in [2.75, 3.05) is 5.73 Å². The van der Waals surface area contributed by atoms with Gasteiger partial charge < -0.3 is 10.3 Å². The van der Waals surface area contributed by atoms with Gasteiger partial charge in [0.05, 0.1) is 0 Å². The highest BCUT2D eigenvalue weighted by atomic mass is 32.2. The van der Waals surface area contributed by atoms with Crippen LogP contribution in [-0.2, 0) is 12.5 Å². The highest BCUT2D eigenvalue weighted by Gasteiger charge is 2.21. The minimum atomic E-state index is -0.146. The summed E-state index contributed by atoms with van der Waals surface area (Å²) in [6.45, 7) is 10.0. The first-order valence-electron chi connectivity index (χ1n) is 6.38. The molecule has 2 aromatic rings. The molecule has 108 valence electrons. The zero-order chi connectivity index (χ0) is 15.1. The normalized spacial score (nSPS) is 11.9. The van der Waals surface area contributed by atoms with Crippen LogP contribution in [0.15, 0.2) is 10.2 Å². The second kappa shape index (κ2) is 5.05. The van der Waals surface area contributed by atoms with Gasteiger partial charge in [-0.3, -0.25) is 0 Å². The van der Waals surface area contributed by atoms with Crippen LogP contribution < -0.4 is 5.73 Å². The van der Waals surface area contributed by atoms with Gasteiger partial charge in [0.25, 0.3) is 0 Å². The van der Waals surface area contributed by atoms with Gasteiger partial charge in [-0.05, 0) is 25.6 Å². The van der Waals surface area contributed by atoms with Gasteiger partial charge in [0.1, 0.15) is 22.5 Å². The maximum atomic E-state index is 6.01. The number of hydrogen-bond donors (Lipinski definition) is 1. The Kier molecular flexibility index (Phi) is 3.73. The number of hydrogen-bond acceptors (Lipinski definition) is 6. The lowest BCUT2D eigenvalue weighted by Gasteiger charge is -2.18. The lowest BCUT2D eigenvalue weighted by Crippen LogP contribution is -2.18. The fraction of sp³-hybridized carbons (Fsp3) is 0.538. The number of rotatable bonds is 2. The van der Waals surface area contributed by atoms with Gasteiger partial charge in [0, 0.05) is 18.0 Å². The molecule has 0 unspecified atom stereocenters. The summed E-state index contributed by atoms with van der Waals surface area (Å²) >= 11 is 1.46. The Labute approximate surface area is 123 Å². The standard InChI is InChI=1S/C13H20N6S/c1-7-9(14)15-11(13(3,4)5)16-10(7)20-12-18-17-8(2)19(12)6/h1-6H3,(H2,14,15,16). The molecule has 0 atom stereocenters. The van der Waals surface area contributed by atoms with Crippen LogP contribution >= 0.6 is 11.8 Å². The first-order chi connectivity index (χ1) is 9.20. The van der Waals surface area contributed by atoms with Crippen LogP contribution in [0.25, 0.3) is 0 Å². The number of anilines is 1. The molecule has 0 aliphatic heterocycles. The smallest absolute Gasteiger partial charge is 0.197 e. The SMILES string of the molecule is Cc1c(N)nc(C(C)(C)C)nc1Sc1nnc(C)n1C. The zero-order valence-electron chi connectivity index (χ0n) is 12.7. The summed E-state index contributed by atoms with van der Waals surface area (Å²) in [5.41, 5.74) is 6.74. The summed E-state index contributed by atoms with van der Waals surface area (Å²) < 4.78 is 1.93. The van der Waals surface area contributed by atoms with Gasteiger partial charge in [-0.2, -0.15) is 0 Å². The topological polar surface area (TPSA) is 82.5 Å². The molecule has 0 fully saturated rings. The number of nitrogens with two attached hydrogens (primary N) is 1. The molecular weight excluding hydrogens is 272 g/mol. The maximum absolute atomic E-state index is 6.01. The summed E-state index contributed by atoms with van der Waals surface area (Å²) in [5.74, 6) is 2.12. The number of aromatic nitrogens is 5. The van der Waals surface area contributed by atoms with E-state index in [0.29, 0.717) is 5.82 Å². The Bertz CT molecular complexity index is 641. The molecule has 2 aromatic heterocycles. The van der Waals surface area contributed by atoms with E-state index in [4.69, 9.17) is 5.73 Å². The molecule has 2 N–H and O–H groups in total. The molecule has 0 aliphatic carbocycles. The van der Waals surface area contributed by atoms with E-state index in [0.717, 1.165) is 27.4 Å². The molecule has 7 heteroatoms. The van der Waals surface area contributed by atoms with Crippen LogP contribution in [-0.4, -0.2) is 24.7 Å². The van der Waals surface area contributed by atoms with E-state index in [1.54, 1.807) is 0 Å². The molecule has 0 amide bonds. The van der Waals surface area contributed by atoms with Gasteiger partial charge >= 0.3 is 0 Å². The Balaban J connectivity index is 2.46. The molecule has 0 aliphatic rings. The first kappa shape index (κ1) is 14.8. The fourth-order valence-corrected chi connectivity index (χ4v) is 2.42. The first-order valence-corrected chi connectivity index (χ1v) is 7.20. The number of nitrogens with zero attached hydrogens (tertiary/aromatic N) is 5. The fourth-order valence-electron chi connectivity index (χ4n) is 1.51. The Hall–Kier alpha value is -1.63. The van der Waals surface area contributed by atoms with E-state index in [1.165, 1.54) is 11.8 Å². The third kappa shape index (κ3) is 2.77. The zero-order valence-corrected chi connectivity index (χ0v) is 13.5. The summed E-state index contributed by atoms with van der Waals surface area (Å²) in [6.07, 6.45) is 0. The molecule has 0 saturated heterocycles. The van der Waals surface area contributed by atoms with Crippen molar-refractivity contribution in [2.45, 2.75) is 50.2 Å². The lowest BCUT2D eigenvalue weighted by molar-refractivity contribution is 0.538. The van der Waals surface area contributed by atoms with Gasteiger partial charge in [0.15, 0.2) is 5.16 Å². The number of nitrogen functional groups attached to an aromatic ring is 1. The molecule has 6 nitrogen and oxygen atoms in total. The number of aryl methyl sites for hydroxylation is 1.